The van der Waals surface area contributed by atoms with Gasteiger partial charge in [-0.2, -0.15) is 0 Å². The van der Waals surface area contributed by atoms with Gasteiger partial charge in [0.2, 0.25) is 5.16 Å². The minimum Gasteiger partial charge on any atom is -0.497 e. The Morgan fingerprint density at radius 1 is 1.20 bits per heavy atom. The maximum atomic E-state index is 12.6. The molecule has 0 aliphatic carbocycles. The molecule has 0 spiro atoms. The van der Waals surface area contributed by atoms with E-state index < -0.39 is 0 Å². The molecular formula is C20H22N6O3S. The van der Waals surface area contributed by atoms with Gasteiger partial charge in [0, 0.05) is 24.8 Å². The minimum atomic E-state index is -0.0873. The molecule has 0 atom stereocenters. The summed E-state index contributed by atoms with van der Waals surface area (Å²) in [5.41, 5.74) is 1.96. The number of hydrogen-bond acceptors (Lipinski definition) is 7. The number of likely N-dealkylation sites (tertiary alicyclic amines) is 1. The molecule has 156 valence electrons. The van der Waals surface area contributed by atoms with Crippen LogP contribution in [0.4, 0.5) is 0 Å². The van der Waals surface area contributed by atoms with E-state index in [1.165, 1.54) is 11.8 Å². The number of Topliss-reactive ketones (excluding diaryl/α,β-unsaturated/α-hetero) is 1. The largest absolute Gasteiger partial charge is 0.497 e. The van der Waals surface area contributed by atoms with Crippen LogP contribution in [0, 0.1) is 0 Å². The number of ketones is 1. The van der Waals surface area contributed by atoms with E-state index in [2.05, 4.69) is 20.5 Å². The first-order chi connectivity index (χ1) is 14.6. The van der Waals surface area contributed by atoms with E-state index >= 15 is 0 Å². The zero-order valence-electron chi connectivity index (χ0n) is 16.6. The van der Waals surface area contributed by atoms with E-state index in [0.717, 1.165) is 37.2 Å². The van der Waals surface area contributed by atoms with Gasteiger partial charge in [0.1, 0.15) is 11.4 Å². The summed E-state index contributed by atoms with van der Waals surface area (Å²) in [5.74, 6) is 0.821. The Labute approximate surface area is 177 Å². The fraction of sp³-hybridized carbons (Fsp3) is 0.350. The van der Waals surface area contributed by atoms with Crippen LogP contribution in [0.5, 0.6) is 5.75 Å². The van der Waals surface area contributed by atoms with Gasteiger partial charge in [0.05, 0.1) is 19.4 Å². The van der Waals surface area contributed by atoms with Crippen LogP contribution in [0.15, 0.2) is 41.7 Å². The summed E-state index contributed by atoms with van der Waals surface area (Å²) < 4.78 is 6.82. The van der Waals surface area contributed by atoms with Gasteiger partial charge in [-0.3, -0.25) is 9.59 Å². The van der Waals surface area contributed by atoms with E-state index in [1.54, 1.807) is 24.1 Å². The summed E-state index contributed by atoms with van der Waals surface area (Å²) in [6.07, 6.45) is 3.65. The van der Waals surface area contributed by atoms with Crippen LogP contribution in [0.1, 0.15) is 39.3 Å². The molecule has 10 heteroatoms. The van der Waals surface area contributed by atoms with Crippen LogP contribution in [-0.2, 0) is 6.54 Å². The molecule has 3 heterocycles. The van der Waals surface area contributed by atoms with Crippen molar-refractivity contribution in [3.8, 4) is 5.75 Å². The highest BCUT2D eigenvalue weighted by molar-refractivity contribution is 7.99. The van der Waals surface area contributed by atoms with E-state index in [0.29, 0.717) is 23.0 Å². The van der Waals surface area contributed by atoms with Crippen molar-refractivity contribution >= 4 is 23.5 Å². The number of H-pyrrole nitrogens is 1. The first kappa shape index (κ1) is 20.1. The fourth-order valence-electron chi connectivity index (χ4n) is 3.29. The molecule has 9 nitrogen and oxygen atoms in total. The number of carbonyl (C=O) groups excluding carboxylic acids is 2. The highest BCUT2D eigenvalue weighted by atomic mass is 32.2. The standard InChI is InChI=1S/C20H22N6O3S/c1-29-16-6-4-14(5-7-16)12-26-20(22-23-24-26)30-13-18(27)15-10-17(21-11-15)19(28)25-8-2-3-9-25/h4-7,10-11,21H,2-3,8-9,12-13H2,1H3. The molecular weight excluding hydrogens is 404 g/mol. The van der Waals surface area contributed by atoms with Gasteiger partial charge < -0.3 is 14.6 Å². The van der Waals surface area contributed by atoms with E-state index in [9.17, 15) is 9.59 Å². The van der Waals surface area contributed by atoms with Crippen LogP contribution < -0.4 is 4.74 Å². The number of benzene rings is 1. The van der Waals surface area contributed by atoms with Gasteiger partial charge in [-0.1, -0.05) is 23.9 Å². The van der Waals surface area contributed by atoms with Crippen molar-refractivity contribution in [3.63, 3.8) is 0 Å². The molecule has 30 heavy (non-hydrogen) atoms. The Balaban J connectivity index is 1.35. The lowest BCUT2D eigenvalue weighted by atomic mass is 10.2. The van der Waals surface area contributed by atoms with Crippen molar-refractivity contribution in [2.24, 2.45) is 0 Å². The second-order valence-electron chi connectivity index (χ2n) is 6.98. The number of hydrogen-bond donors (Lipinski definition) is 1. The van der Waals surface area contributed by atoms with E-state index in [1.807, 2.05) is 29.2 Å². The predicted molar refractivity (Wildman–Crippen MR) is 111 cm³/mol. The lowest BCUT2D eigenvalue weighted by molar-refractivity contribution is 0.0787. The molecule has 1 aromatic carbocycles. The molecule has 0 saturated carbocycles. The monoisotopic (exact) mass is 426 g/mol. The molecule has 3 aromatic rings. The van der Waals surface area contributed by atoms with Crippen LogP contribution >= 0.6 is 11.8 Å². The highest BCUT2D eigenvalue weighted by Crippen LogP contribution is 2.19. The zero-order chi connectivity index (χ0) is 20.9. The Hall–Kier alpha value is -3.14. The summed E-state index contributed by atoms with van der Waals surface area (Å²) in [7, 11) is 1.62. The second-order valence-corrected chi connectivity index (χ2v) is 7.92. The molecule has 0 unspecified atom stereocenters. The van der Waals surface area contributed by atoms with Gasteiger partial charge in [0.25, 0.3) is 5.91 Å². The summed E-state index contributed by atoms with van der Waals surface area (Å²) in [4.78, 5) is 29.7. The van der Waals surface area contributed by atoms with Crippen molar-refractivity contribution in [2.75, 3.05) is 26.0 Å². The van der Waals surface area contributed by atoms with Gasteiger partial charge in [-0.05, 0) is 47.0 Å². The third kappa shape index (κ3) is 4.54. The van der Waals surface area contributed by atoms with Crippen molar-refractivity contribution in [2.45, 2.75) is 24.5 Å². The highest BCUT2D eigenvalue weighted by Gasteiger charge is 2.22. The number of methoxy groups -OCH3 is 1. The third-order valence-corrected chi connectivity index (χ3v) is 5.91. The van der Waals surface area contributed by atoms with Crippen LogP contribution in [0.25, 0.3) is 0 Å². The average Bonchev–Trinajstić information content (AvgIpc) is 3.54. The topological polar surface area (TPSA) is 106 Å². The number of rotatable bonds is 8. The lowest BCUT2D eigenvalue weighted by Crippen LogP contribution is -2.27. The molecule has 1 aliphatic rings. The predicted octanol–water partition coefficient (Wildman–Crippen LogP) is 2.27. The molecule has 1 fully saturated rings. The van der Waals surface area contributed by atoms with Crippen LogP contribution in [0.3, 0.4) is 0 Å². The normalized spacial score (nSPS) is 13.6. The number of amides is 1. The SMILES string of the molecule is COc1ccc(Cn2nnnc2SCC(=O)c2c[nH]c(C(=O)N3CCCC3)c2)cc1. The van der Waals surface area contributed by atoms with Gasteiger partial charge in [0.15, 0.2) is 5.78 Å². The first-order valence-corrected chi connectivity index (χ1v) is 10.7. The molecule has 0 radical (unpaired) electrons. The van der Waals surface area contributed by atoms with Crippen molar-refractivity contribution < 1.29 is 14.3 Å². The number of carbonyl (C=O) groups is 2. The Morgan fingerprint density at radius 2 is 1.97 bits per heavy atom. The van der Waals surface area contributed by atoms with Crippen molar-refractivity contribution in [1.29, 1.82) is 0 Å². The Kier molecular flexibility index (Phi) is 6.12. The van der Waals surface area contributed by atoms with Gasteiger partial charge in [-0.15, -0.1) is 5.10 Å². The number of aromatic nitrogens is 5. The zero-order valence-corrected chi connectivity index (χ0v) is 17.4. The Morgan fingerprint density at radius 3 is 2.70 bits per heavy atom. The van der Waals surface area contributed by atoms with E-state index in [-0.39, 0.29) is 17.4 Å². The van der Waals surface area contributed by atoms with E-state index in [4.69, 9.17) is 4.74 Å². The fourth-order valence-corrected chi connectivity index (χ4v) is 4.06. The second kappa shape index (κ2) is 9.12. The molecule has 2 aromatic heterocycles. The molecule has 1 aliphatic heterocycles. The molecule has 1 saturated heterocycles. The number of tetrazole rings is 1. The smallest absolute Gasteiger partial charge is 0.270 e. The average molecular weight is 427 g/mol. The molecule has 1 N–H and O–H groups in total. The summed E-state index contributed by atoms with van der Waals surface area (Å²) in [6, 6.07) is 9.27. The van der Waals surface area contributed by atoms with Crippen molar-refractivity contribution in [1.82, 2.24) is 30.1 Å². The summed E-state index contributed by atoms with van der Waals surface area (Å²) in [6.45, 7) is 2.04. The first-order valence-electron chi connectivity index (χ1n) is 9.67. The lowest BCUT2D eigenvalue weighted by Gasteiger charge is -2.13. The number of thioether (sulfide) groups is 1. The van der Waals surface area contributed by atoms with Gasteiger partial charge >= 0.3 is 0 Å². The molecule has 4 rings (SSSR count). The Bertz CT molecular complexity index is 1020. The molecule has 1 amide bonds. The minimum absolute atomic E-state index is 0.0531. The van der Waals surface area contributed by atoms with Crippen LogP contribution in [0.2, 0.25) is 0 Å². The number of ether oxygens (including phenoxy) is 1. The van der Waals surface area contributed by atoms with Crippen LogP contribution in [-0.4, -0.2) is 67.7 Å². The van der Waals surface area contributed by atoms with Crippen molar-refractivity contribution in [3.05, 3.63) is 53.3 Å². The summed E-state index contributed by atoms with van der Waals surface area (Å²) >= 11 is 1.27. The maximum Gasteiger partial charge on any atom is 0.270 e. The number of aromatic amines is 1. The summed E-state index contributed by atoms with van der Waals surface area (Å²) in [5, 5.41) is 12.3. The molecule has 0 bridgehead atoms. The number of nitrogens with one attached hydrogen (secondary N) is 1. The van der Waals surface area contributed by atoms with Gasteiger partial charge in [-0.25, -0.2) is 4.68 Å². The number of nitrogens with zero attached hydrogens (tertiary/aromatic N) is 5. The maximum absolute atomic E-state index is 12.6. The quantitative estimate of drug-likeness (QED) is 0.435. The third-order valence-electron chi connectivity index (χ3n) is 4.95.